The fraction of sp³-hybridized carbons (Fsp3) is 0.273. The summed E-state index contributed by atoms with van der Waals surface area (Å²) in [4.78, 5) is 16.8. The number of aryl methyl sites for hydroxylation is 1. The highest BCUT2D eigenvalue weighted by Gasteiger charge is 2.09. The van der Waals surface area contributed by atoms with Crippen LogP contribution in [0.25, 0.3) is 11.6 Å². The van der Waals surface area contributed by atoms with Crippen molar-refractivity contribution in [1.29, 1.82) is 0 Å². The Morgan fingerprint density at radius 3 is 2.38 bits per heavy atom. The van der Waals surface area contributed by atoms with Crippen molar-refractivity contribution in [2.24, 2.45) is 5.73 Å². The van der Waals surface area contributed by atoms with Crippen molar-refractivity contribution >= 4 is 0 Å². The summed E-state index contributed by atoms with van der Waals surface area (Å²) in [5, 5.41) is 0. The van der Waals surface area contributed by atoms with Gasteiger partial charge in [0.1, 0.15) is 0 Å². The maximum absolute atomic E-state index is 5.79. The zero-order valence-electron chi connectivity index (χ0n) is 9.25. The van der Waals surface area contributed by atoms with E-state index in [0.717, 1.165) is 11.3 Å². The van der Waals surface area contributed by atoms with Gasteiger partial charge in [-0.1, -0.05) is 0 Å². The summed E-state index contributed by atoms with van der Waals surface area (Å²) in [5.41, 5.74) is 7.60. The number of hydrogen-bond donors (Lipinski definition) is 1. The van der Waals surface area contributed by atoms with E-state index in [1.165, 1.54) is 0 Å². The Balaban J connectivity index is 2.43. The van der Waals surface area contributed by atoms with E-state index in [0.29, 0.717) is 11.6 Å². The van der Waals surface area contributed by atoms with Crippen molar-refractivity contribution in [3.8, 4) is 11.6 Å². The van der Waals surface area contributed by atoms with Gasteiger partial charge in [-0.25, -0.2) is 19.9 Å². The van der Waals surface area contributed by atoms with Gasteiger partial charge in [-0.3, -0.25) is 0 Å². The predicted octanol–water partition coefficient (Wildman–Crippen LogP) is 1.26. The van der Waals surface area contributed by atoms with E-state index in [1.54, 1.807) is 24.7 Å². The lowest BCUT2D eigenvalue weighted by atomic mass is 10.1. The molecule has 5 nitrogen and oxygen atoms in total. The molecule has 0 bridgehead atoms. The molecule has 0 aliphatic rings. The molecule has 1 unspecified atom stereocenters. The van der Waals surface area contributed by atoms with Gasteiger partial charge in [0, 0.05) is 35.9 Å². The second-order valence-corrected chi connectivity index (χ2v) is 3.60. The Morgan fingerprint density at radius 1 is 1.12 bits per heavy atom. The van der Waals surface area contributed by atoms with E-state index in [4.69, 9.17) is 5.73 Å². The minimum absolute atomic E-state index is 0.0641. The highest BCUT2D eigenvalue weighted by molar-refractivity contribution is 5.43. The summed E-state index contributed by atoms with van der Waals surface area (Å²) in [6, 6.07) is 1.69. The number of hydrogen-bond acceptors (Lipinski definition) is 5. The van der Waals surface area contributed by atoms with Crippen LogP contribution in [0, 0.1) is 6.92 Å². The van der Waals surface area contributed by atoms with Crippen LogP contribution in [0.2, 0.25) is 0 Å². The lowest BCUT2D eigenvalue weighted by Crippen LogP contribution is -2.09. The fourth-order valence-electron chi connectivity index (χ4n) is 1.45. The number of aromatic nitrogens is 4. The Kier molecular flexibility index (Phi) is 2.87. The first-order valence-electron chi connectivity index (χ1n) is 5.05. The van der Waals surface area contributed by atoms with E-state index < -0.39 is 0 Å². The monoisotopic (exact) mass is 215 g/mol. The second-order valence-electron chi connectivity index (χ2n) is 3.60. The second kappa shape index (κ2) is 4.32. The average molecular weight is 215 g/mol. The first-order chi connectivity index (χ1) is 7.68. The van der Waals surface area contributed by atoms with Gasteiger partial charge in [-0.05, 0) is 19.9 Å². The Morgan fingerprint density at radius 2 is 1.81 bits per heavy atom. The van der Waals surface area contributed by atoms with Gasteiger partial charge < -0.3 is 5.73 Å². The van der Waals surface area contributed by atoms with Gasteiger partial charge in [0.25, 0.3) is 0 Å². The lowest BCUT2D eigenvalue weighted by molar-refractivity contribution is 0.789. The third kappa shape index (κ3) is 2.04. The molecule has 0 saturated carbocycles. The number of rotatable bonds is 2. The summed E-state index contributed by atoms with van der Waals surface area (Å²) in [7, 11) is 0. The summed E-state index contributed by atoms with van der Waals surface area (Å²) in [5.74, 6) is 1.06. The first kappa shape index (κ1) is 10.6. The quantitative estimate of drug-likeness (QED) is 0.816. The SMILES string of the molecule is Cc1nc(-c2ncccn2)ncc1C(C)N. The van der Waals surface area contributed by atoms with Crippen LogP contribution in [-0.4, -0.2) is 19.9 Å². The highest BCUT2D eigenvalue weighted by Crippen LogP contribution is 2.15. The first-order valence-corrected chi connectivity index (χ1v) is 5.05. The maximum Gasteiger partial charge on any atom is 0.197 e. The summed E-state index contributed by atoms with van der Waals surface area (Å²) >= 11 is 0. The zero-order valence-corrected chi connectivity index (χ0v) is 9.25. The maximum atomic E-state index is 5.79. The Bertz CT molecular complexity index is 481. The molecule has 1 atom stereocenters. The molecule has 16 heavy (non-hydrogen) atoms. The summed E-state index contributed by atoms with van der Waals surface area (Å²) in [6.07, 6.45) is 5.07. The third-order valence-corrected chi connectivity index (χ3v) is 2.27. The molecule has 0 spiro atoms. The molecule has 82 valence electrons. The molecule has 0 aliphatic carbocycles. The predicted molar refractivity (Wildman–Crippen MR) is 60.4 cm³/mol. The minimum atomic E-state index is -0.0641. The molecule has 0 fully saturated rings. The van der Waals surface area contributed by atoms with Crippen LogP contribution >= 0.6 is 0 Å². The van der Waals surface area contributed by atoms with Crippen LogP contribution in [0.3, 0.4) is 0 Å². The highest BCUT2D eigenvalue weighted by atomic mass is 15.0. The molecule has 0 amide bonds. The molecule has 2 N–H and O–H groups in total. The van der Waals surface area contributed by atoms with Crippen molar-refractivity contribution in [2.45, 2.75) is 19.9 Å². The molecule has 2 rings (SSSR count). The normalized spacial score (nSPS) is 12.4. The van der Waals surface area contributed by atoms with E-state index in [2.05, 4.69) is 19.9 Å². The van der Waals surface area contributed by atoms with Crippen LogP contribution in [-0.2, 0) is 0 Å². The van der Waals surface area contributed by atoms with Crippen LogP contribution in [0.15, 0.2) is 24.7 Å². The van der Waals surface area contributed by atoms with Gasteiger partial charge >= 0.3 is 0 Å². The number of nitrogens with zero attached hydrogens (tertiary/aromatic N) is 4. The van der Waals surface area contributed by atoms with Gasteiger partial charge in [0.2, 0.25) is 0 Å². The van der Waals surface area contributed by atoms with Gasteiger partial charge in [0.05, 0.1) is 0 Å². The van der Waals surface area contributed by atoms with Crippen molar-refractivity contribution < 1.29 is 0 Å². The topological polar surface area (TPSA) is 77.6 Å². The van der Waals surface area contributed by atoms with E-state index >= 15 is 0 Å². The largest absolute Gasteiger partial charge is 0.324 e. The molecule has 5 heteroatoms. The van der Waals surface area contributed by atoms with Crippen molar-refractivity contribution in [1.82, 2.24) is 19.9 Å². The standard InChI is InChI=1S/C11H13N5/c1-7(12)9-6-15-11(16-8(9)2)10-13-4-3-5-14-10/h3-7H,12H2,1-2H3. The van der Waals surface area contributed by atoms with Gasteiger partial charge in [-0.2, -0.15) is 0 Å². The molecule has 0 radical (unpaired) electrons. The molecule has 2 heterocycles. The summed E-state index contributed by atoms with van der Waals surface area (Å²) in [6.45, 7) is 3.82. The lowest BCUT2D eigenvalue weighted by Gasteiger charge is -2.08. The van der Waals surface area contributed by atoms with Crippen molar-refractivity contribution in [3.05, 3.63) is 35.9 Å². The molecule has 2 aromatic heterocycles. The van der Waals surface area contributed by atoms with Gasteiger partial charge in [-0.15, -0.1) is 0 Å². The van der Waals surface area contributed by atoms with E-state index in [1.807, 2.05) is 13.8 Å². The summed E-state index contributed by atoms with van der Waals surface area (Å²) < 4.78 is 0. The fourth-order valence-corrected chi connectivity index (χ4v) is 1.45. The van der Waals surface area contributed by atoms with Crippen molar-refractivity contribution in [3.63, 3.8) is 0 Å². The van der Waals surface area contributed by atoms with Crippen LogP contribution in [0.5, 0.6) is 0 Å². The van der Waals surface area contributed by atoms with E-state index in [9.17, 15) is 0 Å². The molecule has 0 aromatic carbocycles. The Hall–Kier alpha value is -1.88. The van der Waals surface area contributed by atoms with Gasteiger partial charge in [0.15, 0.2) is 11.6 Å². The van der Waals surface area contributed by atoms with Crippen LogP contribution < -0.4 is 5.73 Å². The van der Waals surface area contributed by atoms with E-state index in [-0.39, 0.29) is 6.04 Å². The van der Waals surface area contributed by atoms with Crippen LogP contribution in [0.4, 0.5) is 0 Å². The van der Waals surface area contributed by atoms with Crippen molar-refractivity contribution in [2.75, 3.05) is 0 Å². The molecule has 0 saturated heterocycles. The molecular weight excluding hydrogens is 202 g/mol. The smallest absolute Gasteiger partial charge is 0.197 e. The molecule has 0 aliphatic heterocycles. The van der Waals surface area contributed by atoms with Crippen LogP contribution in [0.1, 0.15) is 24.2 Å². The minimum Gasteiger partial charge on any atom is -0.324 e. The number of nitrogens with two attached hydrogens (primary N) is 1. The Labute approximate surface area is 93.8 Å². The zero-order chi connectivity index (χ0) is 11.5. The third-order valence-electron chi connectivity index (χ3n) is 2.27. The molecule has 2 aromatic rings. The molecular formula is C11H13N5. The average Bonchev–Trinajstić information content (AvgIpc) is 2.29.